The van der Waals surface area contributed by atoms with Gasteiger partial charge < -0.3 is 0 Å². The number of hydrogen-bond donors (Lipinski definition) is 0. The molecular formula is C10H23F. The third kappa shape index (κ3) is 9.93. The summed E-state index contributed by atoms with van der Waals surface area (Å²) in [6, 6.07) is 0. The molecule has 0 heterocycles. The van der Waals surface area contributed by atoms with Gasteiger partial charge in [0.1, 0.15) is 5.67 Å². The Morgan fingerprint density at radius 2 is 1.27 bits per heavy atom. The fourth-order valence-corrected chi connectivity index (χ4v) is 1.17. The Morgan fingerprint density at radius 1 is 1.00 bits per heavy atom. The number of halogens is 1. The van der Waals surface area contributed by atoms with E-state index in [0.717, 1.165) is 12.8 Å². The van der Waals surface area contributed by atoms with Crippen LogP contribution in [0.4, 0.5) is 4.39 Å². The van der Waals surface area contributed by atoms with Crippen LogP contribution in [0, 0.1) is 0 Å². The van der Waals surface area contributed by atoms with E-state index in [9.17, 15) is 4.39 Å². The summed E-state index contributed by atoms with van der Waals surface area (Å²) in [6.07, 6.45) is 3.32. The molecular weight excluding hydrogens is 139 g/mol. The van der Waals surface area contributed by atoms with Crippen molar-refractivity contribution in [3.63, 3.8) is 0 Å². The topological polar surface area (TPSA) is 0 Å². The molecule has 70 valence electrons. The van der Waals surface area contributed by atoms with Crippen LogP contribution in [0.5, 0.6) is 0 Å². The van der Waals surface area contributed by atoms with Gasteiger partial charge >= 0.3 is 0 Å². The van der Waals surface area contributed by atoms with E-state index in [1.807, 2.05) is 27.7 Å². The van der Waals surface area contributed by atoms with Gasteiger partial charge in [-0.2, -0.15) is 0 Å². The third-order valence-electron chi connectivity index (χ3n) is 1.54. The molecule has 0 saturated heterocycles. The largest absolute Gasteiger partial charge is 0.244 e. The molecule has 0 unspecified atom stereocenters. The molecule has 0 atom stereocenters. The molecule has 0 bridgehead atoms. The molecule has 1 heteroatoms. The molecule has 0 radical (unpaired) electrons. The van der Waals surface area contributed by atoms with Crippen LogP contribution in [0.3, 0.4) is 0 Å². The molecule has 0 N–H and O–H groups in total. The quantitative estimate of drug-likeness (QED) is 0.577. The van der Waals surface area contributed by atoms with Crippen LogP contribution in [0.1, 0.15) is 60.3 Å². The minimum atomic E-state index is -0.899. The van der Waals surface area contributed by atoms with Gasteiger partial charge in [0.25, 0.3) is 0 Å². The average Bonchev–Trinajstić information content (AvgIpc) is 1.91. The second kappa shape index (κ2) is 8.03. The number of rotatable bonds is 4. The van der Waals surface area contributed by atoms with Crippen molar-refractivity contribution in [1.82, 2.24) is 0 Å². The smallest absolute Gasteiger partial charge is 0.108 e. The summed E-state index contributed by atoms with van der Waals surface area (Å²) < 4.78 is 13.1. The van der Waals surface area contributed by atoms with Gasteiger partial charge in [-0.05, 0) is 19.8 Å². The average molecular weight is 162 g/mol. The van der Waals surface area contributed by atoms with Gasteiger partial charge in [0, 0.05) is 0 Å². The van der Waals surface area contributed by atoms with Crippen LogP contribution in [-0.2, 0) is 0 Å². The summed E-state index contributed by atoms with van der Waals surface area (Å²) in [5, 5.41) is 0. The normalized spacial score (nSPS) is 10.4. The lowest BCUT2D eigenvalue weighted by Crippen LogP contribution is -2.16. The van der Waals surface area contributed by atoms with Crippen LogP contribution in [-0.4, -0.2) is 5.67 Å². The van der Waals surface area contributed by atoms with E-state index in [0.29, 0.717) is 12.8 Å². The second-order valence-corrected chi connectivity index (χ2v) is 2.91. The highest BCUT2D eigenvalue weighted by atomic mass is 19.1. The number of hydrogen-bond acceptors (Lipinski definition) is 0. The highest BCUT2D eigenvalue weighted by Crippen LogP contribution is 2.22. The predicted octanol–water partition coefficient (Wildman–Crippen LogP) is 4.34. The Kier molecular flexibility index (Phi) is 9.87. The SMILES string of the molecule is CC.CCCC(C)(F)CCC. The van der Waals surface area contributed by atoms with Crippen molar-refractivity contribution in [3.8, 4) is 0 Å². The fourth-order valence-electron chi connectivity index (χ4n) is 1.17. The summed E-state index contributed by atoms with van der Waals surface area (Å²) in [4.78, 5) is 0. The molecule has 0 fully saturated rings. The maximum absolute atomic E-state index is 13.1. The summed E-state index contributed by atoms with van der Waals surface area (Å²) in [6.45, 7) is 9.74. The molecule has 0 amide bonds. The molecule has 0 rings (SSSR count). The van der Waals surface area contributed by atoms with E-state index < -0.39 is 5.67 Å². The molecule has 0 saturated carbocycles. The molecule has 11 heavy (non-hydrogen) atoms. The third-order valence-corrected chi connectivity index (χ3v) is 1.54. The zero-order valence-electron chi connectivity index (χ0n) is 8.71. The monoisotopic (exact) mass is 162 g/mol. The lowest BCUT2D eigenvalue weighted by Gasteiger charge is -2.17. The van der Waals surface area contributed by atoms with E-state index in [4.69, 9.17) is 0 Å². The van der Waals surface area contributed by atoms with Gasteiger partial charge in [0.15, 0.2) is 0 Å². The van der Waals surface area contributed by atoms with Gasteiger partial charge in [-0.1, -0.05) is 40.5 Å². The summed E-state index contributed by atoms with van der Waals surface area (Å²) >= 11 is 0. The molecule has 0 aliphatic carbocycles. The maximum atomic E-state index is 13.1. The Balaban J connectivity index is 0. The number of alkyl halides is 1. The van der Waals surface area contributed by atoms with E-state index >= 15 is 0 Å². The lowest BCUT2D eigenvalue weighted by molar-refractivity contribution is 0.159. The standard InChI is InChI=1S/C8H17F.C2H6/c1-4-6-8(3,9)7-5-2;1-2/h4-7H2,1-3H3;1-2H3. The van der Waals surface area contributed by atoms with E-state index in [-0.39, 0.29) is 0 Å². The minimum absolute atomic E-state index is 0.709. The molecule has 0 spiro atoms. The molecule has 0 aromatic heterocycles. The first-order valence-electron chi connectivity index (χ1n) is 4.81. The van der Waals surface area contributed by atoms with E-state index in [1.165, 1.54) is 0 Å². The van der Waals surface area contributed by atoms with Crippen molar-refractivity contribution in [1.29, 1.82) is 0 Å². The first kappa shape index (κ1) is 13.5. The molecule has 0 nitrogen and oxygen atoms in total. The Bertz CT molecular complexity index is 59.3. The highest BCUT2D eigenvalue weighted by Gasteiger charge is 2.19. The van der Waals surface area contributed by atoms with Crippen molar-refractivity contribution >= 4 is 0 Å². The second-order valence-electron chi connectivity index (χ2n) is 2.91. The van der Waals surface area contributed by atoms with E-state index in [2.05, 4.69) is 0 Å². The van der Waals surface area contributed by atoms with Crippen LogP contribution in [0.15, 0.2) is 0 Å². The van der Waals surface area contributed by atoms with Crippen molar-refractivity contribution in [2.45, 2.75) is 66.0 Å². The Labute approximate surface area is 71.2 Å². The first-order valence-corrected chi connectivity index (χ1v) is 4.81. The minimum Gasteiger partial charge on any atom is -0.244 e. The summed E-state index contributed by atoms with van der Waals surface area (Å²) in [5.41, 5.74) is -0.899. The first-order chi connectivity index (χ1) is 5.12. The van der Waals surface area contributed by atoms with Gasteiger partial charge in [0.2, 0.25) is 0 Å². The lowest BCUT2D eigenvalue weighted by atomic mass is 9.97. The Hall–Kier alpha value is -0.0700. The van der Waals surface area contributed by atoms with Gasteiger partial charge in [0.05, 0.1) is 0 Å². The molecule has 0 aromatic rings. The van der Waals surface area contributed by atoms with Gasteiger partial charge in [-0.25, -0.2) is 4.39 Å². The summed E-state index contributed by atoms with van der Waals surface area (Å²) in [5.74, 6) is 0. The zero-order valence-corrected chi connectivity index (χ0v) is 8.71. The van der Waals surface area contributed by atoms with Gasteiger partial charge in [-0.3, -0.25) is 0 Å². The fraction of sp³-hybridized carbons (Fsp3) is 1.00. The molecule has 0 aliphatic heterocycles. The highest BCUT2D eigenvalue weighted by molar-refractivity contribution is 4.70. The Morgan fingerprint density at radius 3 is 1.45 bits per heavy atom. The van der Waals surface area contributed by atoms with E-state index in [1.54, 1.807) is 6.92 Å². The van der Waals surface area contributed by atoms with Crippen molar-refractivity contribution in [3.05, 3.63) is 0 Å². The maximum Gasteiger partial charge on any atom is 0.108 e. The van der Waals surface area contributed by atoms with Crippen LogP contribution < -0.4 is 0 Å². The van der Waals surface area contributed by atoms with Crippen LogP contribution in [0.25, 0.3) is 0 Å². The summed E-state index contributed by atoms with van der Waals surface area (Å²) in [7, 11) is 0. The van der Waals surface area contributed by atoms with Crippen molar-refractivity contribution in [2.75, 3.05) is 0 Å². The van der Waals surface area contributed by atoms with Crippen molar-refractivity contribution in [2.24, 2.45) is 0 Å². The molecule has 0 aromatic carbocycles. The molecule has 0 aliphatic rings. The van der Waals surface area contributed by atoms with Crippen LogP contribution >= 0.6 is 0 Å². The van der Waals surface area contributed by atoms with Gasteiger partial charge in [-0.15, -0.1) is 0 Å². The van der Waals surface area contributed by atoms with Crippen LogP contribution in [0.2, 0.25) is 0 Å². The zero-order chi connectivity index (χ0) is 9.33. The van der Waals surface area contributed by atoms with Crippen molar-refractivity contribution < 1.29 is 4.39 Å². The predicted molar refractivity (Wildman–Crippen MR) is 50.7 cm³/mol.